The van der Waals surface area contributed by atoms with Crippen molar-refractivity contribution in [2.75, 3.05) is 24.5 Å². The monoisotopic (exact) mass is 653 g/mol. The van der Waals surface area contributed by atoms with Crippen molar-refractivity contribution in [2.45, 2.75) is 50.6 Å². The molecule has 0 aliphatic rings. The lowest BCUT2D eigenvalue weighted by Gasteiger charge is -2.33. The Bertz CT molecular complexity index is 1490. The van der Waals surface area contributed by atoms with Gasteiger partial charge < -0.3 is 15.0 Å². The molecule has 0 aliphatic heterocycles. The number of hydrogen-bond donors (Lipinski definition) is 1. The largest absolute Gasteiger partial charge is 0.495 e. The molecule has 1 N–H and O–H groups in total. The molecule has 42 heavy (non-hydrogen) atoms. The summed E-state index contributed by atoms with van der Waals surface area (Å²) in [5, 5.41) is 3.87. The van der Waals surface area contributed by atoms with Crippen LogP contribution in [0.4, 0.5) is 5.69 Å². The number of nitrogens with one attached hydrogen (secondary N) is 1. The van der Waals surface area contributed by atoms with Crippen LogP contribution < -0.4 is 14.4 Å². The van der Waals surface area contributed by atoms with Crippen LogP contribution in [0.1, 0.15) is 38.7 Å². The van der Waals surface area contributed by atoms with E-state index in [-0.39, 0.29) is 40.2 Å². The first-order valence-corrected chi connectivity index (χ1v) is 16.0. The van der Waals surface area contributed by atoms with Crippen LogP contribution in [0, 0.1) is 0 Å². The molecule has 0 aliphatic carbocycles. The lowest BCUT2D eigenvalue weighted by Crippen LogP contribution is -2.52. The Morgan fingerprint density at radius 1 is 0.952 bits per heavy atom. The van der Waals surface area contributed by atoms with Crippen molar-refractivity contribution in [2.24, 2.45) is 0 Å². The van der Waals surface area contributed by atoms with Crippen molar-refractivity contribution >= 4 is 62.3 Å². The maximum atomic E-state index is 14.2. The van der Waals surface area contributed by atoms with Crippen LogP contribution in [0.15, 0.2) is 71.6 Å². The van der Waals surface area contributed by atoms with Crippen molar-refractivity contribution in [3.8, 4) is 5.75 Å². The van der Waals surface area contributed by atoms with Gasteiger partial charge in [0.2, 0.25) is 11.8 Å². The number of halogens is 3. The Morgan fingerprint density at radius 3 is 2.24 bits per heavy atom. The minimum Gasteiger partial charge on any atom is -0.495 e. The molecular formula is C30H34Cl3N3O5S. The normalized spacial score (nSPS) is 12.0. The zero-order chi connectivity index (χ0) is 30.9. The molecule has 0 saturated carbocycles. The third kappa shape index (κ3) is 8.31. The highest BCUT2D eigenvalue weighted by Crippen LogP contribution is 2.35. The van der Waals surface area contributed by atoms with E-state index in [1.807, 2.05) is 6.92 Å². The van der Waals surface area contributed by atoms with E-state index in [0.29, 0.717) is 22.2 Å². The van der Waals surface area contributed by atoms with Crippen molar-refractivity contribution < 1.29 is 22.7 Å². The van der Waals surface area contributed by atoms with Gasteiger partial charge in [0.05, 0.1) is 17.7 Å². The first-order valence-electron chi connectivity index (χ1n) is 13.5. The molecular weight excluding hydrogens is 621 g/mol. The van der Waals surface area contributed by atoms with E-state index in [9.17, 15) is 18.0 Å². The number of sulfonamides is 1. The number of carbonyl (C=O) groups excluding carboxylic acids is 2. The summed E-state index contributed by atoms with van der Waals surface area (Å²) >= 11 is 18.8. The second-order valence-corrected chi connectivity index (χ2v) is 12.6. The number of amides is 2. The van der Waals surface area contributed by atoms with E-state index < -0.39 is 28.5 Å². The summed E-state index contributed by atoms with van der Waals surface area (Å²) in [7, 11) is -2.89. The first kappa shape index (κ1) is 33.5. The lowest BCUT2D eigenvalue weighted by atomic mass is 10.1. The molecule has 8 nitrogen and oxygen atoms in total. The predicted octanol–water partition coefficient (Wildman–Crippen LogP) is 6.57. The molecule has 1 unspecified atom stereocenters. The van der Waals surface area contributed by atoms with Gasteiger partial charge in [-0.05, 0) is 60.9 Å². The summed E-state index contributed by atoms with van der Waals surface area (Å²) < 4.78 is 34.4. The van der Waals surface area contributed by atoms with Crippen LogP contribution >= 0.6 is 34.8 Å². The number of rotatable bonds is 14. The number of carbonyl (C=O) groups is 2. The van der Waals surface area contributed by atoms with Crippen LogP contribution in [-0.4, -0.2) is 51.4 Å². The van der Waals surface area contributed by atoms with Crippen molar-refractivity contribution in [1.29, 1.82) is 0 Å². The zero-order valence-corrected chi connectivity index (χ0v) is 26.7. The summed E-state index contributed by atoms with van der Waals surface area (Å²) in [6.45, 7) is 3.54. The molecule has 0 saturated heterocycles. The van der Waals surface area contributed by atoms with Gasteiger partial charge in [-0.15, -0.1) is 0 Å². The SMILES string of the molecule is CCCCNC(=O)C(CC)N(Cc1ccc(Cl)cc1Cl)C(=O)CN(c1cc(Cl)ccc1OC)S(=O)(=O)c1ccccc1. The van der Waals surface area contributed by atoms with Gasteiger partial charge in [0.25, 0.3) is 10.0 Å². The van der Waals surface area contributed by atoms with E-state index in [4.69, 9.17) is 39.5 Å². The number of benzene rings is 3. The number of ether oxygens (including phenoxy) is 1. The molecule has 0 fully saturated rings. The molecule has 0 aromatic heterocycles. The molecule has 2 amide bonds. The molecule has 3 aromatic rings. The Morgan fingerprint density at radius 2 is 1.62 bits per heavy atom. The number of methoxy groups -OCH3 is 1. The number of unbranched alkanes of at least 4 members (excludes halogenated alkanes) is 1. The summed E-state index contributed by atoms with van der Waals surface area (Å²) in [5.41, 5.74) is 0.624. The van der Waals surface area contributed by atoms with E-state index >= 15 is 0 Å². The predicted molar refractivity (Wildman–Crippen MR) is 168 cm³/mol. The summed E-state index contributed by atoms with van der Waals surface area (Å²) in [6.07, 6.45) is 1.94. The molecule has 226 valence electrons. The number of anilines is 1. The topological polar surface area (TPSA) is 96.0 Å². The minimum atomic E-state index is -4.29. The lowest BCUT2D eigenvalue weighted by molar-refractivity contribution is -0.140. The quantitative estimate of drug-likeness (QED) is 0.198. The average Bonchev–Trinajstić information content (AvgIpc) is 2.97. The zero-order valence-electron chi connectivity index (χ0n) is 23.6. The Kier molecular flexibility index (Phi) is 12.4. The second-order valence-electron chi connectivity index (χ2n) is 9.47. The minimum absolute atomic E-state index is 0.0310. The van der Waals surface area contributed by atoms with Gasteiger partial charge in [0.15, 0.2) is 0 Å². The molecule has 0 radical (unpaired) electrons. The maximum Gasteiger partial charge on any atom is 0.264 e. The van der Waals surface area contributed by atoms with Crippen molar-refractivity contribution in [3.63, 3.8) is 0 Å². The van der Waals surface area contributed by atoms with Gasteiger partial charge in [-0.3, -0.25) is 13.9 Å². The van der Waals surface area contributed by atoms with Crippen LogP contribution in [0.5, 0.6) is 5.75 Å². The highest BCUT2D eigenvalue weighted by atomic mass is 35.5. The maximum absolute atomic E-state index is 14.2. The molecule has 0 spiro atoms. The fourth-order valence-corrected chi connectivity index (χ4v) is 6.42. The van der Waals surface area contributed by atoms with Crippen LogP contribution in [0.25, 0.3) is 0 Å². The van der Waals surface area contributed by atoms with Gasteiger partial charge in [-0.2, -0.15) is 0 Å². The van der Waals surface area contributed by atoms with E-state index in [1.165, 1.54) is 36.3 Å². The Labute approximate surface area is 262 Å². The number of hydrogen-bond acceptors (Lipinski definition) is 5. The Balaban J connectivity index is 2.11. The van der Waals surface area contributed by atoms with Crippen molar-refractivity contribution in [3.05, 3.63) is 87.4 Å². The highest BCUT2D eigenvalue weighted by molar-refractivity contribution is 7.92. The smallest absolute Gasteiger partial charge is 0.264 e. The van der Waals surface area contributed by atoms with Crippen molar-refractivity contribution in [1.82, 2.24) is 10.2 Å². The van der Waals surface area contributed by atoms with E-state index in [1.54, 1.807) is 49.4 Å². The van der Waals surface area contributed by atoms with Crippen LogP contribution in [-0.2, 0) is 26.2 Å². The van der Waals surface area contributed by atoms with Crippen LogP contribution in [0.3, 0.4) is 0 Å². The third-order valence-electron chi connectivity index (χ3n) is 6.59. The van der Waals surface area contributed by atoms with Gasteiger partial charge in [-0.1, -0.05) is 79.3 Å². The first-order chi connectivity index (χ1) is 20.0. The fraction of sp³-hybridized carbons (Fsp3) is 0.333. The van der Waals surface area contributed by atoms with E-state index in [0.717, 1.165) is 17.1 Å². The second kappa shape index (κ2) is 15.5. The summed E-state index contributed by atoms with van der Waals surface area (Å²) in [6, 6.07) is 16.2. The van der Waals surface area contributed by atoms with E-state index in [2.05, 4.69) is 5.32 Å². The fourth-order valence-electron chi connectivity index (χ4n) is 4.35. The highest BCUT2D eigenvalue weighted by Gasteiger charge is 2.35. The summed E-state index contributed by atoms with van der Waals surface area (Å²) in [5.74, 6) is -0.773. The van der Waals surface area contributed by atoms with Crippen LogP contribution in [0.2, 0.25) is 15.1 Å². The summed E-state index contributed by atoms with van der Waals surface area (Å²) in [4.78, 5) is 28.8. The van der Waals surface area contributed by atoms with Gasteiger partial charge >= 0.3 is 0 Å². The van der Waals surface area contributed by atoms with Gasteiger partial charge in [0, 0.05) is 28.2 Å². The molecule has 3 rings (SSSR count). The Hall–Kier alpha value is -2.98. The molecule has 0 bridgehead atoms. The van der Waals surface area contributed by atoms with Gasteiger partial charge in [0.1, 0.15) is 18.3 Å². The van der Waals surface area contributed by atoms with Gasteiger partial charge in [-0.25, -0.2) is 8.42 Å². The molecule has 3 aromatic carbocycles. The number of nitrogens with zero attached hydrogens (tertiary/aromatic N) is 2. The molecule has 1 atom stereocenters. The third-order valence-corrected chi connectivity index (χ3v) is 9.19. The standard InChI is InChI=1S/C30H34Cl3N3O5S/c1-4-6-16-34-30(38)26(5-2)35(19-21-12-13-22(31)17-25(21)33)29(37)20-36(27-18-23(32)14-15-28(27)41-3)42(39,40)24-10-8-7-9-11-24/h7-15,17-18,26H,4-6,16,19-20H2,1-3H3,(H,34,38). The molecule has 0 heterocycles. The average molecular weight is 655 g/mol. The molecule has 12 heteroatoms.